The van der Waals surface area contributed by atoms with Crippen molar-refractivity contribution in [2.75, 3.05) is 32.8 Å². The molecule has 19 heavy (non-hydrogen) atoms. The molecule has 0 radical (unpaired) electrons. The zero-order valence-electron chi connectivity index (χ0n) is 12.3. The number of hydrogen-bond donors (Lipinski definition) is 0. The van der Waals surface area contributed by atoms with E-state index in [1.165, 1.54) is 25.0 Å². The van der Waals surface area contributed by atoms with E-state index < -0.39 is 0 Å². The van der Waals surface area contributed by atoms with Crippen LogP contribution in [0, 0.1) is 0 Å². The SMILES string of the molecule is CCCN(CC)CCCC1=C/C=C/OCCOC=C1. The Morgan fingerprint density at radius 2 is 1.89 bits per heavy atom. The summed E-state index contributed by atoms with van der Waals surface area (Å²) in [6, 6.07) is 0. The highest BCUT2D eigenvalue weighted by Crippen LogP contribution is 2.09. The minimum absolute atomic E-state index is 0.604. The van der Waals surface area contributed by atoms with Crippen LogP contribution in [0.5, 0.6) is 0 Å². The van der Waals surface area contributed by atoms with Crippen molar-refractivity contribution in [3.8, 4) is 0 Å². The van der Waals surface area contributed by atoms with Crippen molar-refractivity contribution in [3.63, 3.8) is 0 Å². The van der Waals surface area contributed by atoms with Crippen LogP contribution in [0.15, 0.2) is 36.3 Å². The third-order valence-corrected chi connectivity index (χ3v) is 3.11. The zero-order chi connectivity index (χ0) is 13.8. The molecule has 0 aromatic heterocycles. The third kappa shape index (κ3) is 7.73. The molecule has 0 N–H and O–H groups in total. The lowest BCUT2D eigenvalue weighted by Gasteiger charge is -2.19. The molecule has 0 amide bonds. The van der Waals surface area contributed by atoms with E-state index >= 15 is 0 Å². The number of ether oxygens (including phenoxy) is 2. The number of allylic oxidation sites excluding steroid dienone is 4. The van der Waals surface area contributed by atoms with Crippen molar-refractivity contribution in [1.82, 2.24) is 4.90 Å². The summed E-state index contributed by atoms with van der Waals surface area (Å²) in [7, 11) is 0. The van der Waals surface area contributed by atoms with Crippen molar-refractivity contribution >= 4 is 0 Å². The van der Waals surface area contributed by atoms with Gasteiger partial charge in [-0.05, 0) is 56.6 Å². The monoisotopic (exact) mass is 265 g/mol. The average molecular weight is 265 g/mol. The summed E-state index contributed by atoms with van der Waals surface area (Å²) >= 11 is 0. The molecule has 3 heteroatoms. The fraction of sp³-hybridized carbons (Fsp3) is 0.625. The van der Waals surface area contributed by atoms with Crippen molar-refractivity contribution < 1.29 is 9.47 Å². The molecule has 108 valence electrons. The van der Waals surface area contributed by atoms with Gasteiger partial charge in [-0.1, -0.05) is 19.9 Å². The highest BCUT2D eigenvalue weighted by molar-refractivity contribution is 5.22. The smallest absolute Gasteiger partial charge is 0.121 e. The van der Waals surface area contributed by atoms with Gasteiger partial charge in [-0.25, -0.2) is 0 Å². The molecule has 0 fully saturated rings. The van der Waals surface area contributed by atoms with E-state index in [4.69, 9.17) is 9.47 Å². The summed E-state index contributed by atoms with van der Waals surface area (Å²) in [5, 5.41) is 0. The zero-order valence-corrected chi connectivity index (χ0v) is 12.3. The maximum atomic E-state index is 5.34. The number of hydrogen-bond acceptors (Lipinski definition) is 3. The van der Waals surface area contributed by atoms with Gasteiger partial charge in [-0.15, -0.1) is 0 Å². The minimum atomic E-state index is 0.604. The standard InChI is InChI=1S/C16H27NO2/c1-3-10-17(4-2)11-5-7-16-8-6-12-18-14-15-19-13-9-16/h6,8-9,12-13H,3-5,7,10-11,14-15H2,1-2H3/b12-6+,13-9?,16-8?. The van der Waals surface area contributed by atoms with Gasteiger partial charge in [0.25, 0.3) is 0 Å². The lowest BCUT2D eigenvalue weighted by atomic mass is 10.1. The summed E-state index contributed by atoms with van der Waals surface area (Å²) in [5.74, 6) is 0. The Hall–Kier alpha value is -1.22. The topological polar surface area (TPSA) is 21.7 Å². The maximum absolute atomic E-state index is 5.34. The molecule has 0 bridgehead atoms. The van der Waals surface area contributed by atoms with Crippen LogP contribution >= 0.6 is 0 Å². The molecular weight excluding hydrogens is 238 g/mol. The fourth-order valence-electron chi connectivity index (χ4n) is 2.06. The van der Waals surface area contributed by atoms with E-state index in [-0.39, 0.29) is 0 Å². The van der Waals surface area contributed by atoms with E-state index in [0.29, 0.717) is 13.2 Å². The molecule has 0 aliphatic carbocycles. The molecule has 0 saturated carbocycles. The van der Waals surface area contributed by atoms with Gasteiger partial charge in [0.2, 0.25) is 0 Å². The first-order valence-electron chi connectivity index (χ1n) is 7.34. The van der Waals surface area contributed by atoms with Crippen molar-refractivity contribution in [3.05, 3.63) is 36.3 Å². The van der Waals surface area contributed by atoms with E-state index in [1.54, 1.807) is 12.5 Å². The van der Waals surface area contributed by atoms with Crippen LogP contribution in [-0.2, 0) is 9.47 Å². The summed E-state index contributed by atoms with van der Waals surface area (Å²) in [6.45, 7) is 9.17. The summed E-state index contributed by atoms with van der Waals surface area (Å²) in [4.78, 5) is 2.50. The van der Waals surface area contributed by atoms with Crippen LogP contribution in [0.2, 0.25) is 0 Å². The van der Waals surface area contributed by atoms with Crippen molar-refractivity contribution in [2.24, 2.45) is 0 Å². The first kappa shape index (κ1) is 15.8. The predicted molar refractivity (Wildman–Crippen MR) is 79.9 cm³/mol. The van der Waals surface area contributed by atoms with Gasteiger partial charge in [-0.2, -0.15) is 0 Å². The Kier molecular flexibility index (Phi) is 8.90. The molecule has 0 saturated heterocycles. The minimum Gasteiger partial charge on any atom is -0.498 e. The van der Waals surface area contributed by atoms with Crippen LogP contribution in [0.3, 0.4) is 0 Å². The lowest BCUT2D eigenvalue weighted by Crippen LogP contribution is -2.25. The van der Waals surface area contributed by atoms with Gasteiger partial charge in [0, 0.05) is 0 Å². The van der Waals surface area contributed by atoms with Gasteiger partial charge in [0.05, 0.1) is 12.5 Å². The largest absolute Gasteiger partial charge is 0.498 e. The molecule has 1 aliphatic heterocycles. The third-order valence-electron chi connectivity index (χ3n) is 3.11. The quantitative estimate of drug-likeness (QED) is 0.703. The molecule has 0 atom stereocenters. The average Bonchev–Trinajstić information content (AvgIpc) is 2.44. The Labute approximate surface area is 117 Å². The second kappa shape index (κ2) is 10.7. The molecule has 0 unspecified atom stereocenters. The van der Waals surface area contributed by atoms with Gasteiger partial charge in [0.1, 0.15) is 13.2 Å². The van der Waals surface area contributed by atoms with Gasteiger partial charge < -0.3 is 14.4 Å². The summed E-state index contributed by atoms with van der Waals surface area (Å²) in [5.41, 5.74) is 1.29. The highest BCUT2D eigenvalue weighted by Gasteiger charge is 2.01. The van der Waals surface area contributed by atoms with Crippen LogP contribution in [0.25, 0.3) is 0 Å². The first-order valence-corrected chi connectivity index (χ1v) is 7.34. The van der Waals surface area contributed by atoms with Gasteiger partial charge in [-0.3, -0.25) is 0 Å². The van der Waals surface area contributed by atoms with E-state index in [2.05, 4.69) is 30.9 Å². The van der Waals surface area contributed by atoms with Crippen LogP contribution in [-0.4, -0.2) is 37.7 Å². The van der Waals surface area contributed by atoms with E-state index in [9.17, 15) is 0 Å². The van der Waals surface area contributed by atoms with E-state index in [1.807, 2.05) is 6.08 Å². The molecule has 0 spiro atoms. The second-order valence-electron chi connectivity index (χ2n) is 4.65. The first-order chi connectivity index (χ1) is 9.36. The number of rotatable bonds is 7. The van der Waals surface area contributed by atoms with Gasteiger partial charge in [0.15, 0.2) is 0 Å². The second-order valence-corrected chi connectivity index (χ2v) is 4.65. The molecule has 3 nitrogen and oxygen atoms in total. The molecule has 1 heterocycles. The molecule has 1 rings (SSSR count). The van der Waals surface area contributed by atoms with Crippen molar-refractivity contribution in [1.29, 1.82) is 0 Å². The lowest BCUT2D eigenvalue weighted by molar-refractivity contribution is 0.149. The molecular formula is C16H27NO2. The van der Waals surface area contributed by atoms with Gasteiger partial charge >= 0.3 is 0 Å². The summed E-state index contributed by atoms with van der Waals surface area (Å²) in [6.07, 6.45) is 13.1. The Morgan fingerprint density at radius 3 is 2.63 bits per heavy atom. The number of nitrogens with zero attached hydrogens (tertiary/aromatic N) is 1. The molecule has 0 aromatic rings. The Bertz CT molecular complexity index is 308. The fourth-order valence-corrected chi connectivity index (χ4v) is 2.06. The Morgan fingerprint density at radius 1 is 1.11 bits per heavy atom. The predicted octanol–water partition coefficient (Wildman–Crippen LogP) is 3.50. The van der Waals surface area contributed by atoms with Crippen LogP contribution in [0.4, 0.5) is 0 Å². The summed E-state index contributed by atoms with van der Waals surface area (Å²) < 4.78 is 10.6. The highest BCUT2D eigenvalue weighted by atomic mass is 16.5. The molecule has 1 aliphatic rings. The van der Waals surface area contributed by atoms with Crippen LogP contribution in [0.1, 0.15) is 33.1 Å². The van der Waals surface area contributed by atoms with Crippen molar-refractivity contribution in [2.45, 2.75) is 33.1 Å². The normalized spacial score (nSPS) is 17.5. The van der Waals surface area contributed by atoms with E-state index in [0.717, 1.165) is 19.5 Å². The van der Waals surface area contributed by atoms with Crippen LogP contribution < -0.4 is 0 Å². The maximum Gasteiger partial charge on any atom is 0.121 e. The molecule has 0 aromatic carbocycles. The Balaban J connectivity index is 2.37.